The number of hydrogen-bond acceptors (Lipinski definition) is 7. The minimum absolute atomic E-state index is 0.0536. The van der Waals surface area contributed by atoms with Gasteiger partial charge in [0.2, 0.25) is 5.13 Å². The second-order valence-electron chi connectivity index (χ2n) is 7.42. The number of rotatable bonds is 5. The minimum atomic E-state index is 0.0536. The first-order valence-corrected chi connectivity index (χ1v) is 9.70. The van der Waals surface area contributed by atoms with Gasteiger partial charge in [-0.05, 0) is 44.4 Å². The highest BCUT2D eigenvalue weighted by molar-refractivity contribution is 7.15. The van der Waals surface area contributed by atoms with Gasteiger partial charge in [0.25, 0.3) is 0 Å². The van der Waals surface area contributed by atoms with Crippen LogP contribution < -0.4 is 4.90 Å². The van der Waals surface area contributed by atoms with Crippen molar-refractivity contribution in [3.05, 3.63) is 35.1 Å². The molecule has 25 heavy (non-hydrogen) atoms. The summed E-state index contributed by atoms with van der Waals surface area (Å²) in [5, 5.41) is 10.4. The van der Waals surface area contributed by atoms with Crippen LogP contribution in [-0.2, 0) is 11.3 Å². The lowest BCUT2D eigenvalue weighted by molar-refractivity contribution is -0.118. The molecule has 4 heterocycles. The van der Waals surface area contributed by atoms with Crippen LogP contribution in [0.4, 0.5) is 5.13 Å². The molecule has 4 rings (SSSR count). The molecule has 0 amide bonds. The molecule has 0 saturated carbocycles. The van der Waals surface area contributed by atoms with Crippen molar-refractivity contribution < 1.29 is 4.74 Å². The van der Waals surface area contributed by atoms with Gasteiger partial charge in [0.05, 0.1) is 19.7 Å². The van der Waals surface area contributed by atoms with E-state index in [1.165, 1.54) is 12.0 Å². The van der Waals surface area contributed by atoms with Crippen LogP contribution in [0.25, 0.3) is 0 Å². The third-order valence-corrected chi connectivity index (χ3v) is 6.02. The molecule has 2 saturated heterocycles. The van der Waals surface area contributed by atoms with E-state index < -0.39 is 0 Å². The van der Waals surface area contributed by atoms with Crippen molar-refractivity contribution >= 4 is 16.5 Å². The first-order chi connectivity index (χ1) is 12.1. The first kappa shape index (κ1) is 16.9. The van der Waals surface area contributed by atoms with Crippen molar-refractivity contribution in [1.29, 1.82) is 0 Å². The summed E-state index contributed by atoms with van der Waals surface area (Å²) in [7, 11) is 2.18. The molecule has 0 aliphatic carbocycles. The molecule has 0 N–H and O–H groups in total. The molecule has 7 heteroatoms. The van der Waals surface area contributed by atoms with Gasteiger partial charge in [0.15, 0.2) is 0 Å². The van der Waals surface area contributed by atoms with Crippen LogP contribution in [0.15, 0.2) is 24.5 Å². The molecule has 1 atom stereocenters. The molecule has 2 fully saturated rings. The van der Waals surface area contributed by atoms with E-state index in [-0.39, 0.29) is 5.60 Å². The van der Waals surface area contributed by atoms with E-state index in [9.17, 15) is 0 Å². The summed E-state index contributed by atoms with van der Waals surface area (Å²) < 4.78 is 6.30. The van der Waals surface area contributed by atoms with Gasteiger partial charge in [-0.25, -0.2) is 0 Å². The number of aromatic nitrogens is 3. The molecule has 0 radical (unpaired) electrons. The molecule has 2 aromatic rings. The highest BCUT2D eigenvalue weighted by atomic mass is 32.1. The smallest absolute Gasteiger partial charge is 0.208 e. The topological polar surface area (TPSA) is 54.4 Å². The van der Waals surface area contributed by atoms with Crippen LogP contribution in [0.2, 0.25) is 0 Å². The normalized spacial score (nSPS) is 22.4. The van der Waals surface area contributed by atoms with Crippen molar-refractivity contribution in [1.82, 2.24) is 20.1 Å². The molecular formula is C18H25N5OS. The van der Waals surface area contributed by atoms with Gasteiger partial charge in [-0.15, -0.1) is 10.2 Å². The number of anilines is 1. The summed E-state index contributed by atoms with van der Waals surface area (Å²) >= 11 is 1.67. The van der Waals surface area contributed by atoms with Crippen molar-refractivity contribution in [2.24, 2.45) is 5.92 Å². The van der Waals surface area contributed by atoms with E-state index >= 15 is 0 Å². The van der Waals surface area contributed by atoms with Crippen molar-refractivity contribution in [3.8, 4) is 0 Å². The molecular weight excluding hydrogens is 334 g/mol. The van der Waals surface area contributed by atoms with Gasteiger partial charge in [-0.2, -0.15) is 0 Å². The number of aryl methyl sites for hydroxylation is 1. The monoisotopic (exact) mass is 359 g/mol. The maximum Gasteiger partial charge on any atom is 0.208 e. The van der Waals surface area contributed by atoms with Crippen LogP contribution in [0, 0.1) is 12.8 Å². The predicted octanol–water partition coefficient (Wildman–Crippen LogP) is 2.36. The number of ether oxygens (including phenoxy) is 1. The zero-order chi connectivity index (χ0) is 17.3. The van der Waals surface area contributed by atoms with Gasteiger partial charge in [0.1, 0.15) is 10.6 Å². The third-order valence-electron chi connectivity index (χ3n) is 5.12. The van der Waals surface area contributed by atoms with Crippen LogP contribution >= 0.6 is 11.3 Å². The quantitative estimate of drug-likeness (QED) is 0.817. The Balaban J connectivity index is 1.22. The molecule has 6 nitrogen and oxygen atoms in total. The van der Waals surface area contributed by atoms with Crippen LogP contribution in [0.5, 0.6) is 0 Å². The summed E-state index contributed by atoms with van der Waals surface area (Å²) in [4.78, 5) is 8.86. The predicted molar refractivity (Wildman–Crippen MR) is 98.8 cm³/mol. The Labute approximate surface area is 152 Å². The Kier molecular flexibility index (Phi) is 4.71. The van der Waals surface area contributed by atoms with E-state index in [2.05, 4.69) is 38.1 Å². The summed E-state index contributed by atoms with van der Waals surface area (Å²) in [6.45, 7) is 6.80. The number of hydrogen-bond donors (Lipinski definition) is 0. The Morgan fingerprint density at radius 1 is 1.40 bits per heavy atom. The fraction of sp³-hybridized carbons (Fsp3) is 0.611. The fourth-order valence-electron chi connectivity index (χ4n) is 3.82. The maximum absolute atomic E-state index is 6.30. The van der Waals surface area contributed by atoms with Crippen LogP contribution in [0.1, 0.15) is 23.4 Å². The van der Waals surface area contributed by atoms with E-state index in [4.69, 9.17) is 4.74 Å². The Hall–Kier alpha value is -1.57. The lowest BCUT2D eigenvalue weighted by Crippen LogP contribution is -2.65. The molecule has 2 aromatic heterocycles. The van der Waals surface area contributed by atoms with E-state index in [0.29, 0.717) is 5.92 Å². The van der Waals surface area contributed by atoms with Crippen molar-refractivity contribution in [2.45, 2.75) is 31.9 Å². The van der Waals surface area contributed by atoms with E-state index in [0.717, 1.165) is 49.3 Å². The van der Waals surface area contributed by atoms with Crippen molar-refractivity contribution in [2.75, 3.05) is 38.2 Å². The average molecular weight is 359 g/mol. The Morgan fingerprint density at radius 3 is 2.92 bits per heavy atom. The number of pyridine rings is 1. The third kappa shape index (κ3) is 3.83. The lowest BCUT2D eigenvalue weighted by Gasteiger charge is -2.52. The first-order valence-electron chi connectivity index (χ1n) is 8.88. The second kappa shape index (κ2) is 6.97. The highest BCUT2D eigenvalue weighted by Crippen LogP contribution is 2.39. The SMILES string of the molecule is Cc1nnc(N2CC3(CCC(CN(C)Cc4cccnc4)CO3)C2)s1. The molecule has 2 aliphatic rings. The summed E-state index contributed by atoms with van der Waals surface area (Å²) in [6.07, 6.45) is 6.15. The van der Waals surface area contributed by atoms with E-state index in [1.54, 1.807) is 11.3 Å². The second-order valence-corrected chi connectivity index (χ2v) is 8.58. The lowest BCUT2D eigenvalue weighted by atomic mass is 9.83. The molecule has 0 aromatic carbocycles. The van der Waals surface area contributed by atoms with E-state index in [1.807, 2.05) is 25.4 Å². The largest absolute Gasteiger partial charge is 0.371 e. The van der Waals surface area contributed by atoms with Gasteiger partial charge in [-0.1, -0.05) is 17.4 Å². The fourth-order valence-corrected chi connectivity index (χ4v) is 4.50. The van der Waals surface area contributed by atoms with Crippen LogP contribution in [-0.4, -0.2) is 59.0 Å². The maximum atomic E-state index is 6.30. The van der Waals surface area contributed by atoms with Gasteiger partial charge in [-0.3, -0.25) is 4.98 Å². The molecule has 2 aliphatic heterocycles. The molecule has 0 bridgehead atoms. The molecule has 1 spiro atoms. The zero-order valence-corrected chi connectivity index (χ0v) is 15.7. The Morgan fingerprint density at radius 2 is 2.28 bits per heavy atom. The Bertz CT molecular complexity index is 691. The molecule has 1 unspecified atom stereocenters. The summed E-state index contributed by atoms with van der Waals surface area (Å²) in [6, 6.07) is 4.13. The van der Waals surface area contributed by atoms with Gasteiger partial charge in [0, 0.05) is 25.5 Å². The average Bonchev–Trinajstić information content (AvgIpc) is 3.00. The minimum Gasteiger partial charge on any atom is -0.371 e. The summed E-state index contributed by atoms with van der Waals surface area (Å²) in [5.74, 6) is 0.616. The molecule has 134 valence electrons. The zero-order valence-electron chi connectivity index (χ0n) is 14.9. The number of nitrogens with zero attached hydrogens (tertiary/aromatic N) is 5. The highest BCUT2D eigenvalue weighted by Gasteiger charge is 2.47. The van der Waals surface area contributed by atoms with Gasteiger partial charge < -0.3 is 14.5 Å². The summed E-state index contributed by atoms with van der Waals surface area (Å²) in [5.41, 5.74) is 1.32. The van der Waals surface area contributed by atoms with Gasteiger partial charge >= 0.3 is 0 Å². The standard InChI is InChI=1S/C18H25N5OS/c1-14-20-21-17(25-14)23-12-18(13-23)6-5-16(11-24-18)10-22(2)9-15-4-3-7-19-8-15/h3-4,7-8,16H,5-6,9-13H2,1-2H3. The van der Waals surface area contributed by atoms with Crippen LogP contribution in [0.3, 0.4) is 0 Å². The van der Waals surface area contributed by atoms with Crippen molar-refractivity contribution in [3.63, 3.8) is 0 Å².